The van der Waals surface area contributed by atoms with Crippen molar-refractivity contribution in [1.82, 2.24) is 25.0 Å². The van der Waals surface area contributed by atoms with Crippen molar-refractivity contribution in [3.63, 3.8) is 0 Å². The van der Waals surface area contributed by atoms with Gasteiger partial charge in [0.05, 0.1) is 5.56 Å². The summed E-state index contributed by atoms with van der Waals surface area (Å²) in [5.41, 5.74) is 3.12. The summed E-state index contributed by atoms with van der Waals surface area (Å²) in [5.74, 6) is 1.28. The summed E-state index contributed by atoms with van der Waals surface area (Å²) in [5, 5.41) is 10.2. The fourth-order valence-electron chi connectivity index (χ4n) is 2.42. The van der Waals surface area contributed by atoms with Crippen molar-refractivity contribution >= 4 is 11.3 Å². The zero-order valence-electron chi connectivity index (χ0n) is 13.1. The molecule has 3 rings (SSSR count). The summed E-state index contributed by atoms with van der Waals surface area (Å²) in [7, 11) is 1.92. The van der Waals surface area contributed by atoms with Crippen LogP contribution in [0.5, 0.6) is 0 Å². The maximum absolute atomic E-state index is 5.44. The van der Waals surface area contributed by atoms with Crippen LogP contribution in [0.4, 0.5) is 0 Å². The quantitative estimate of drug-likeness (QED) is 0.783. The van der Waals surface area contributed by atoms with E-state index in [-0.39, 0.29) is 0 Å². The molecule has 0 fully saturated rings. The minimum Gasteiger partial charge on any atom is -0.334 e. The maximum atomic E-state index is 5.44. The van der Waals surface area contributed by atoms with E-state index in [1.165, 1.54) is 0 Å². The van der Waals surface area contributed by atoms with Gasteiger partial charge in [0.1, 0.15) is 0 Å². The van der Waals surface area contributed by atoms with E-state index in [4.69, 9.17) is 4.52 Å². The van der Waals surface area contributed by atoms with Crippen LogP contribution in [0, 0.1) is 13.8 Å². The Morgan fingerprint density at radius 3 is 2.91 bits per heavy atom. The molecule has 0 bridgehead atoms. The topological polar surface area (TPSA) is 68.8 Å². The molecule has 0 saturated heterocycles. The first kappa shape index (κ1) is 14.9. The van der Waals surface area contributed by atoms with Crippen LogP contribution in [-0.4, -0.2) is 32.8 Å². The highest BCUT2D eigenvalue weighted by atomic mass is 32.1. The smallest absolute Gasteiger partial charge is 0.259 e. The van der Waals surface area contributed by atoms with Crippen molar-refractivity contribution in [2.45, 2.75) is 33.2 Å². The molecule has 22 heavy (non-hydrogen) atoms. The molecular weight excluding hydrogens is 298 g/mol. The molecule has 0 aromatic carbocycles. The van der Waals surface area contributed by atoms with Gasteiger partial charge < -0.3 is 9.84 Å². The Labute approximate surface area is 133 Å². The fourth-order valence-corrected chi connectivity index (χ4v) is 3.17. The Bertz CT molecular complexity index is 759. The van der Waals surface area contributed by atoms with Gasteiger partial charge in [-0.1, -0.05) is 5.16 Å². The summed E-state index contributed by atoms with van der Waals surface area (Å²) in [6, 6.07) is 2.38. The second-order valence-corrected chi connectivity index (χ2v) is 6.22. The molecule has 0 aliphatic heterocycles. The Morgan fingerprint density at radius 2 is 2.23 bits per heavy atom. The molecule has 7 heteroatoms. The highest BCUT2D eigenvalue weighted by Gasteiger charge is 2.18. The van der Waals surface area contributed by atoms with Crippen LogP contribution in [0.3, 0.4) is 0 Å². The molecule has 1 N–H and O–H groups in total. The number of hydrogen-bond acceptors (Lipinski definition) is 6. The van der Waals surface area contributed by atoms with Crippen molar-refractivity contribution in [3.05, 3.63) is 34.9 Å². The van der Waals surface area contributed by atoms with Gasteiger partial charge in [-0.2, -0.15) is 4.98 Å². The highest BCUT2D eigenvalue weighted by Crippen LogP contribution is 2.29. The SMILES string of the molecule is CNC(C)Cc1noc(-c2cc(C)n(-c3nccs3)c2C)n1. The number of nitrogens with zero attached hydrogens (tertiary/aromatic N) is 4. The van der Waals surface area contributed by atoms with Gasteiger partial charge in [-0.15, -0.1) is 11.3 Å². The fraction of sp³-hybridized carbons (Fsp3) is 0.400. The van der Waals surface area contributed by atoms with Crippen LogP contribution in [0.25, 0.3) is 16.6 Å². The van der Waals surface area contributed by atoms with Gasteiger partial charge in [0, 0.05) is 35.4 Å². The van der Waals surface area contributed by atoms with Crippen molar-refractivity contribution in [2.75, 3.05) is 7.05 Å². The Hall–Kier alpha value is -1.99. The number of aryl methyl sites for hydroxylation is 1. The summed E-state index contributed by atoms with van der Waals surface area (Å²) in [6.45, 7) is 6.19. The molecule has 0 aliphatic rings. The normalized spacial score (nSPS) is 12.7. The predicted molar refractivity (Wildman–Crippen MR) is 86.4 cm³/mol. The van der Waals surface area contributed by atoms with E-state index in [0.717, 1.165) is 34.3 Å². The Morgan fingerprint density at radius 1 is 1.41 bits per heavy atom. The van der Waals surface area contributed by atoms with Crippen LogP contribution < -0.4 is 5.32 Å². The molecule has 0 aliphatic carbocycles. The van der Waals surface area contributed by atoms with E-state index in [2.05, 4.69) is 44.9 Å². The van der Waals surface area contributed by atoms with Crippen LogP contribution >= 0.6 is 11.3 Å². The van der Waals surface area contributed by atoms with E-state index < -0.39 is 0 Å². The number of likely N-dealkylation sites (N-methyl/N-ethyl adjacent to an activating group) is 1. The molecule has 0 saturated carbocycles. The van der Waals surface area contributed by atoms with Gasteiger partial charge in [-0.25, -0.2) is 4.98 Å². The Balaban J connectivity index is 1.95. The van der Waals surface area contributed by atoms with Gasteiger partial charge in [0.25, 0.3) is 5.89 Å². The monoisotopic (exact) mass is 317 g/mol. The maximum Gasteiger partial charge on any atom is 0.259 e. The number of nitrogens with one attached hydrogen (secondary N) is 1. The lowest BCUT2D eigenvalue weighted by Crippen LogP contribution is -2.24. The summed E-state index contributed by atoms with van der Waals surface area (Å²) in [6.07, 6.45) is 2.55. The Kier molecular flexibility index (Phi) is 4.08. The van der Waals surface area contributed by atoms with Crippen LogP contribution in [0.2, 0.25) is 0 Å². The van der Waals surface area contributed by atoms with Gasteiger partial charge in [0.2, 0.25) is 0 Å². The summed E-state index contributed by atoms with van der Waals surface area (Å²) in [4.78, 5) is 8.89. The first-order valence-electron chi connectivity index (χ1n) is 7.19. The van der Waals surface area contributed by atoms with Crippen molar-refractivity contribution in [3.8, 4) is 16.6 Å². The van der Waals surface area contributed by atoms with E-state index in [0.29, 0.717) is 11.9 Å². The van der Waals surface area contributed by atoms with Crippen molar-refractivity contribution < 1.29 is 4.52 Å². The second kappa shape index (κ2) is 6.02. The third-order valence-electron chi connectivity index (χ3n) is 3.72. The lowest BCUT2D eigenvalue weighted by molar-refractivity contribution is 0.418. The second-order valence-electron chi connectivity index (χ2n) is 5.34. The van der Waals surface area contributed by atoms with Crippen molar-refractivity contribution in [2.24, 2.45) is 0 Å². The molecule has 6 nitrogen and oxygen atoms in total. The molecule has 0 spiro atoms. The number of thiazole rings is 1. The van der Waals surface area contributed by atoms with E-state index in [1.54, 1.807) is 11.3 Å². The predicted octanol–water partition coefficient (Wildman–Crippen LogP) is 2.75. The van der Waals surface area contributed by atoms with Gasteiger partial charge in [0.15, 0.2) is 11.0 Å². The largest absolute Gasteiger partial charge is 0.334 e. The minimum absolute atomic E-state index is 0.313. The van der Waals surface area contributed by atoms with E-state index in [9.17, 15) is 0 Å². The number of hydrogen-bond donors (Lipinski definition) is 1. The number of aromatic nitrogens is 4. The van der Waals surface area contributed by atoms with E-state index >= 15 is 0 Å². The molecule has 1 unspecified atom stereocenters. The van der Waals surface area contributed by atoms with Gasteiger partial charge in [-0.3, -0.25) is 4.57 Å². The lowest BCUT2D eigenvalue weighted by atomic mass is 10.2. The minimum atomic E-state index is 0.313. The average molecular weight is 317 g/mol. The lowest BCUT2D eigenvalue weighted by Gasteiger charge is -2.05. The zero-order valence-corrected chi connectivity index (χ0v) is 13.9. The third kappa shape index (κ3) is 2.69. The van der Waals surface area contributed by atoms with Gasteiger partial charge in [-0.05, 0) is 33.9 Å². The first-order chi connectivity index (χ1) is 10.6. The molecule has 3 heterocycles. The third-order valence-corrected chi connectivity index (χ3v) is 4.48. The number of rotatable bonds is 5. The molecule has 0 radical (unpaired) electrons. The highest BCUT2D eigenvalue weighted by molar-refractivity contribution is 7.12. The molecule has 1 atom stereocenters. The summed E-state index contributed by atoms with van der Waals surface area (Å²) >= 11 is 1.61. The molecule has 3 aromatic rings. The molecule has 3 aromatic heterocycles. The van der Waals surface area contributed by atoms with E-state index in [1.807, 2.05) is 25.5 Å². The molecule has 0 amide bonds. The summed E-state index contributed by atoms with van der Waals surface area (Å²) < 4.78 is 7.55. The van der Waals surface area contributed by atoms with Crippen LogP contribution in [-0.2, 0) is 6.42 Å². The molecular formula is C15H19N5OS. The molecule has 116 valence electrons. The average Bonchev–Trinajstić information content (AvgIpc) is 3.20. The van der Waals surface area contributed by atoms with Crippen molar-refractivity contribution in [1.29, 1.82) is 0 Å². The van der Waals surface area contributed by atoms with Crippen LogP contribution in [0.1, 0.15) is 24.1 Å². The van der Waals surface area contributed by atoms with Gasteiger partial charge >= 0.3 is 0 Å². The first-order valence-corrected chi connectivity index (χ1v) is 8.07. The standard InChI is InChI=1S/C15H19N5OS/c1-9(16-4)7-13-18-14(21-19-13)12-8-10(2)20(11(12)3)15-17-5-6-22-15/h5-6,8-9,16H,7H2,1-4H3. The zero-order chi connectivity index (χ0) is 15.7. The van der Waals surface area contributed by atoms with Crippen LogP contribution in [0.15, 0.2) is 22.2 Å².